The number of ether oxygens (including phenoxy) is 1. The van der Waals surface area contributed by atoms with Crippen LogP contribution in [0.4, 0.5) is 0 Å². The van der Waals surface area contributed by atoms with Gasteiger partial charge in [0.2, 0.25) is 0 Å². The number of hydrogen-bond acceptors (Lipinski definition) is 4. The van der Waals surface area contributed by atoms with Crippen molar-refractivity contribution in [1.82, 2.24) is 8.61 Å². The van der Waals surface area contributed by atoms with Crippen molar-refractivity contribution in [2.45, 2.75) is 25.5 Å². The Kier molecular flexibility index (Phi) is 9.41. The van der Waals surface area contributed by atoms with Gasteiger partial charge in [-0.3, -0.25) is 0 Å². The summed E-state index contributed by atoms with van der Waals surface area (Å²) in [6.45, 7) is 16.3. The summed E-state index contributed by atoms with van der Waals surface area (Å²) >= 11 is 1.69. The van der Waals surface area contributed by atoms with E-state index in [1.165, 1.54) is 0 Å². The van der Waals surface area contributed by atoms with Crippen molar-refractivity contribution in [2.75, 3.05) is 26.2 Å². The molecule has 0 bridgehead atoms. The highest BCUT2D eigenvalue weighted by atomic mass is 32.2. The van der Waals surface area contributed by atoms with E-state index in [2.05, 4.69) is 30.1 Å². The molecule has 0 aromatic carbocycles. The molecule has 152 valence electrons. The largest absolute Gasteiger partial charge is 0.358 e. The first-order valence-electron chi connectivity index (χ1n) is 9.44. The summed E-state index contributed by atoms with van der Waals surface area (Å²) < 4.78 is 23.5. The predicted octanol–water partition coefficient (Wildman–Crippen LogP) is 4.88. The molecular formula is C22H30N2O2S2. The lowest BCUT2D eigenvalue weighted by atomic mass is 10.0. The molecule has 0 aromatic heterocycles. The highest BCUT2D eigenvalue weighted by molar-refractivity contribution is 8.01. The summed E-state index contributed by atoms with van der Waals surface area (Å²) in [6.07, 6.45) is 18.3. The van der Waals surface area contributed by atoms with Crippen LogP contribution in [0, 0.1) is 0 Å². The van der Waals surface area contributed by atoms with Crippen LogP contribution < -0.4 is 0 Å². The van der Waals surface area contributed by atoms with Gasteiger partial charge in [0.05, 0.1) is 11.5 Å². The van der Waals surface area contributed by atoms with Crippen LogP contribution in [0.2, 0.25) is 0 Å². The molecule has 2 aliphatic heterocycles. The maximum absolute atomic E-state index is 13.0. The molecule has 0 radical (unpaired) electrons. The molecular weight excluding hydrogens is 388 g/mol. The van der Waals surface area contributed by atoms with Crippen molar-refractivity contribution in [2.24, 2.45) is 0 Å². The lowest BCUT2D eigenvalue weighted by Gasteiger charge is -2.42. The van der Waals surface area contributed by atoms with E-state index in [4.69, 9.17) is 4.74 Å². The topological polar surface area (TPSA) is 32.8 Å². The van der Waals surface area contributed by atoms with Crippen LogP contribution in [0.15, 0.2) is 84.2 Å². The van der Waals surface area contributed by atoms with Gasteiger partial charge in [-0.1, -0.05) is 56.2 Å². The van der Waals surface area contributed by atoms with Crippen molar-refractivity contribution in [3.8, 4) is 0 Å². The van der Waals surface area contributed by atoms with E-state index in [1.807, 2.05) is 35.5 Å². The van der Waals surface area contributed by atoms with Crippen molar-refractivity contribution >= 4 is 22.9 Å². The number of allylic oxidation sites excluding steroid dienone is 9. The van der Waals surface area contributed by atoms with Gasteiger partial charge in [-0.25, -0.2) is 12.8 Å². The Morgan fingerprint density at radius 1 is 1.11 bits per heavy atom. The van der Waals surface area contributed by atoms with Gasteiger partial charge in [0.25, 0.3) is 0 Å². The van der Waals surface area contributed by atoms with Gasteiger partial charge in [-0.15, -0.1) is 0 Å². The fourth-order valence-corrected chi connectivity index (χ4v) is 5.43. The highest BCUT2D eigenvalue weighted by Crippen LogP contribution is 2.41. The monoisotopic (exact) mass is 418 g/mol. The zero-order valence-corrected chi connectivity index (χ0v) is 18.2. The summed E-state index contributed by atoms with van der Waals surface area (Å²) in [6, 6.07) is 0. The Bertz CT molecular complexity index is 714. The van der Waals surface area contributed by atoms with Crippen molar-refractivity contribution in [3.63, 3.8) is 0 Å². The maximum Gasteiger partial charge on any atom is 0.133 e. The van der Waals surface area contributed by atoms with E-state index in [-0.39, 0.29) is 5.72 Å². The summed E-state index contributed by atoms with van der Waals surface area (Å²) in [4.78, 5) is 1.83. The van der Waals surface area contributed by atoms with E-state index in [0.29, 0.717) is 19.7 Å². The van der Waals surface area contributed by atoms with Crippen LogP contribution in [0.3, 0.4) is 0 Å². The van der Waals surface area contributed by atoms with E-state index < -0.39 is 11.0 Å². The third-order valence-corrected chi connectivity index (χ3v) is 7.37. The SMILES string of the molecule is C=C/C=C\C(=C/C=C)S(=O)N1CCC2(CC1)OCCN2S/C(C=C)=C/C=C\C. The Morgan fingerprint density at radius 2 is 1.86 bits per heavy atom. The molecule has 1 atom stereocenters. The molecule has 28 heavy (non-hydrogen) atoms. The first kappa shape index (κ1) is 22.8. The molecule has 2 saturated heterocycles. The van der Waals surface area contributed by atoms with Gasteiger partial charge in [-0.05, 0) is 37.1 Å². The van der Waals surface area contributed by atoms with Gasteiger partial charge in [0.15, 0.2) is 0 Å². The van der Waals surface area contributed by atoms with Crippen LogP contribution in [0.25, 0.3) is 0 Å². The first-order valence-corrected chi connectivity index (χ1v) is 11.3. The van der Waals surface area contributed by atoms with Crippen LogP contribution in [-0.4, -0.2) is 44.8 Å². The Hall–Kier alpha value is -1.44. The summed E-state index contributed by atoms with van der Waals surface area (Å²) in [5.41, 5.74) is -0.303. The molecule has 4 nitrogen and oxygen atoms in total. The van der Waals surface area contributed by atoms with Gasteiger partial charge in [-0.2, -0.15) is 0 Å². The molecule has 2 rings (SSSR count). The molecule has 1 spiro atoms. The molecule has 2 aliphatic rings. The fraction of sp³-hybridized carbons (Fsp3) is 0.364. The third kappa shape index (κ3) is 5.78. The third-order valence-electron chi connectivity index (χ3n) is 4.61. The molecule has 0 aliphatic carbocycles. The summed E-state index contributed by atoms with van der Waals surface area (Å²) in [5.74, 6) is 0. The molecule has 0 aromatic rings. The molecule has 2 fully saturated rings. The quantitative estimate of drug-likeness (QED) is 0.395. The fourth-order valence-electron chi connectivity index (χ4n) is 3.17. The van der Waals surface area contributed by atoms with Crippen LogP contribution in [0.5, 0.6) is 0 Å². The van der Waals surface area contributed by atoms with Gasteiger partial charge in [0.1, 0.15) is 16.7 Å². The number of rotatable bonds is 9. The molecule has 6 heteroatoms. The predicted molar refractivity (Wildman–Crippen MR) is 123 cm³/mol. The Balaban J connectivity index is 2.06. The average molecular weight is 419 g/mol. The minimum Gasteiger partial charge on any atom is -0.358 e. The summed E-state index contributed by atoms with van der Waals surface area (Å²) in [7, 11) is -1.22. The molecule has 0 amide bonds. The molecule has 2 heterocycles. The van der Waals surface area contributed by atoms with Gasteiger partial charge >= 0.3 is 0 Å². The number of nitrogens with zero attached hydrogens (tertiary/aromatic N) is 2. The standard InChI is InChI=1S/C22H30N2O2S2/c1-5-9-12-20(8-4)27-24-18-19-26-22(24)14-16-23(17-15-22)28(25)21(11-7-3)13-10-6-2/h5-13H,2-4,14-19H2,1H3/b9-5-,13-10-,20-12+,21-11+. The van der Waals surface area contributed by atoms with Crippen molar-refractivity contribution in [1.29, 1.82) is 0 Å². The maximum atomic E-state index is 13.0. The molecule has 0 saturated carbocycles. The van der Waals surface area contributed by atoms with Crippen LogP contribution >= 0.6 is 11.9 Å². The second-order valence-electron chi connectivity index (χ2n) is 6.36. The van der Waals surface area contributed by atoms with E-state index in [0.717, 1.165) is 29.2 Å². The highest BCUT2D eigenvalue weighted by Gasteiger charge is 2.46. The van der Waals surface area contributed by atoms with Gasteiger partial charge in [0, 0.05) is 37.4 Å². The van der Waals surface area contributed by atoms with Crippen LogP contribution in [-0.2, 0) is 15.7 Å². The number of hydrogen-bond donors (Lipinski definition) is 0. The lowest BCUT2D eigenvalue weighted by Crippen LogP contribution is -2.51. The first-order chi connectivity index (χ1) is 13.6. The zero-order valence-electron chi connectivity index (χ0n) is 16.6. The molecule has 1 unspecified atom stereocenters. The minimum atomic E-state index is -1.22. The van der Waals surface area contributed by atoms with Gasteiger partial charge < -0.3 is 4.74 Å². The van der Waals surface area contributed by atoms with E-state index in [1.54, 1.807) is 36.3 Å². The van der Waals surface area contributed by atoms with Crippen molar-refractivity contribution < 1.29 is 8.95 Å². The van der Waals surface area contributed by atoms with E-state index >= 15 is 0 Å². The smallest absolute Gasteiger partial charge is 0.133 e. The summed E-state index contributed by atoms with van der Waals surface area (Å²) in [5, 5.41) is 0. The van der Waals surface area contributed by atoms with E-state index in [9.17, 15) is 4.21 Å². The van der Waals surface area contributed by atoms with Crippen LogP contribution in [0.1, 0.15) is 19.8 Å². The Labute approximate surface area is 176 Å². The normalized spacial score (nSPS) is 22.9. The minimum absolute atomic E-state index is 0.303. The Morgan fingerprint density at radius 3 is 2.46 bits per heavy atom. The number of piperidine rings is 1. The average Bonchev–Trinajstić information content (AvgIpc) is 3.09. The zero-order chi connectivity index (χ0) is 20.4. The second-order valence-corrected chi connectivity index (χ2v) is 8.95. The lowest BCUT2D eigenvalue weighted by molar-refractivity contribution is -0.0768. The van der Waals surface area contributed by atoms with Crippen molar-refractivity contribution in [3.05, 3.63) is 84.2 Å². The molecule has 0 N–H and O–H groups in total. The second kappa shape index (κ2) is 11.5.